The van der Waals surface area contributed by atoms with Crippen molar-refractivity contribution in [3.05, 3.63) is 108 Å². The number of aldehydes is 1. The number of carbonyl (C=O) groups excluding carboxylic acids is 2. The molecule has 0 aromatic heterocycles. The van der Waals surface area contributed by atoms with E-state index in [2.05, 4.69) is 0 Å². The van der Waals surface area contributed by atoms with Crippen molar-refractivity contribution in [2.24, 2.45) is 0 Å². The molecule has 0 saturated carbocycles. The molecular weight excluding hydrogens is 506 g/mol. The zero-order valence-electron chi connectivity index (χ0n) is 23.1. The molecule has 0 radical (unpaired) electrons. The summed E-state index contributed by atoms with van der Waals surface area (Å²) in [6.45, 7) is 3.59. The van der Waals surface area contributed by atoms with Gasteiger partial charge in [0.25, 0.3) is 0 Å². The Hall–Kier alpha value is -3.52. The Morgan fingerprint density at radius 3 is 1.75 bits per heavy atom. The maximum Gasteiger partial charge on any atom is 0.410 e. The van der Waals surface area contributed by atoms with Crippen LogP contribution in [0.4, 0.5) is 4.79 Å². The average molecular weight is 546 g/mol. The number of carbonyl (C=O) groups is 2. The highest BCUT2D eigenvalue weighted by Crippen LogP contribution is 2.34. The fraction of sp³-hybridized carbons (Fsp3) is 0.394. The fourth-order valence-corrected chi connectivity index (χ4v) is 4.99. The summed E-state index contributed by atoms with van der Waals surface area (Å²) in [6.07, 6.45) is 1.02. The normalized spacial score (nSPS) is 20.4. The second-order valence-corrected chi connectivity index (χ2v) is 9.94. The molecule has 0 aliphatic carbocycles. The summed E-state index contributed by atoms with van der Waals surface area (Å²) in [5.74, 6) is 0. The number of ether oxygens (including phenoxy) is 4. The Morgan fingerprint density at radius 2 is 1.25 bits per heavy atom. The number of amides is 1. The van der Waals surface area contributed by atoms with E-state index in [1.54, 1.807) is 4.90 Å². The highest BCUT2D eigenvalue weighted by molar-refractivity contribution is 5.70. The van der Waals surface area contributed by atoms with Crippen LogP contribution in [0, 0.1) is 0 Å². The second-order valence-electron chi connectivity index (χ2n) is 9.94. The Labute approximate surface area is 237 Å². The Kier molecular flexibility index (Phi) is 11.7. The van der Waals surface area contributed by atoms with Crippen molar-refractivity contribution in [3.63, 3.8) is 0 Å². The van der Waals surface area contributed by atoms with E-state index in [0.29, 0.717) is 26.4 Å². The molecule has 4 atom stereocenters. The standard InChI is InChI=1S/C33H39NO6/c1-2-3-21-38-33(36)34-29(19-20-35)31(39-23-27-15-9-5-10-16-27)32(40-24-28-17-11-6-12-18-28)30(34)25-37-22-26-13-7-4-8-14-26/h4-18,20,29-32H,2-3,19,21-25H2,1H3. The molecule has 1 fully saturated rings. The van der Waals surface area contributed by atoms with Gasteiger partial charge in [-0.15, -0.1) is 0 Å². The van der Waals surface area contributed by atoms with Crippen LogP contribution in [0.3, 0.4) is 0 Å². The van der Waals surface area contributed by atoms with Crippen molar-refractivity contribution >= 4 is 12.4 Å². The molecule has 40 heavy (non-hydrogen) atoms. The highest BCUT2D eigenvalue weighted by Gasteiger charge is 2.53. The number of likely N-dealkylation sites (tertiary alicyclic amines) is 1. The summed E-state index contributed by atoms with van der Waals surface area (Å²) < 4.78 is 24.8. The van der Waals surface area contributed by atoms with Gasteiger partial charge in [0.2, 0.25) is 0 Å². The first-order valence-corrected chi connectivity index (χ1v) is 14.0. The summed E-state index contributed by atoms with van der Waals surface area (Å²) in [5.41, 5.74) is 3.03. The number of nitrogens with zero attached hydrogens (tertiary/aromatic N) is 1. The Morgan fingerprint density at radius 1 is 0.750 bits per heavy atom. The topological polar surface area (TPSA) is 74.3 Å². The molecule has 1 heterocycles. The van der Waals surface area contributed by atoms with Crippen LogP contribution >= 0.6 is 0 Å². The second kappa shape index (κ2) is 15.9. The third-order valence-electron chi connectivity index (χ3n) is 7.04. The van der Waals surface area contributed by atoms with Gasteiger partial charge in [0.05, 0.1) is 45.1 Å². The molecule has 4 rings (SSSR count). The number of hydrogen-bond donors (Lipinski definition) is 0. The van der Waals surface area contributed by atoms with Crippen molar-refractivity contribution in [1.29, 1.82) is 0 Å². The van der Waals surface area contributed by atoms with Gasteiger partial charge in [-0.25, -0.2) is 4.79 Å². The van der Waals surface area contributed by atoms with Gasteiger partial charge in [-0.2, -0.15) is 0 Å². The van der Waals surface area contributed by atoms with Crippen LogP contribution in [0.1, 0.15) is 42.9 Å². The van der Waals surface area contributed by atoms with Gasteiger partial charge in [-0.1, -0.05) is 104 Å². The van der Waals surface area contributed by atoms with E-state index in [9.17, 15) is 9.59 Å². The number of hydrogen-bond acceptors (Lipinski definition) is 6. The molecule has 4 unspecified atom stereocenters. The highest BCUT2D eigenvalue weighted by atomic mass is 16.6. The van der Waals surface area contributed by atoms with Crippen LogP contribution in [0.2, 0.25) is 0 Å². The van der Waals surface area contributed by atoms with Crippen LogP contribution in [-0.2, 0) is 43.6 Å². The van der Waals surface area contributed by atoms with Gasteiger partial charge in [-0.05, 0) is 23.1 Å². The summed E-state index contributed by atoms with van der Waals surface area (Å²) in [7, 11) is 0. The minimum Gasteiger partial charge on any atom is -0.449 e. The lowest BCUT2D eigenvalue weighted by atomic mass is 10.1. The first kappa shape index (κ1) is 29.5. The van der Waals surface area contributed by atoms with Crippen molar-refractivity contribution in [2.75, 3.05) is 13.2 Å². The molecular formula is C33H39NO6. The molecule has 0 bridgehead atoms. The summed E-state index contributed by atoms with van der Waals surface area (Å²) >= 11 is 0. The van der Waals surface area contributed by atoms with Gasteiger partial charge in [0.1, 0.15) is 18.5 Å². The van der Waals surface area contributed by atoms with Gasteiger partial charge in [0.15, 0.2) is 0 Å². The summed E-state index contributed by atoms with van der Waals surface area (Å²) in [5, 5.41) is 0. The maximum atomic E-state index is 13.5. The van der Waals surface area contributed by atoms with Gasteiger partial charge in [0, 0.05) is 6.42 Å². The zero-order chi connectivity index (χ0) is 28.0. The maximum absolute atomic E-state index is 13.5. The van der Waals surface area contributed by atoms with Gasteiger partial charge in [-0.3, -0.25) is 4.90 Å². The summed E-state index contributed by atoms with van der Waals surface area (Å²) in [6, 6.07) is 28.5. The molecule has 0 spiro atoms. The molecule has 1 aliphatic heterocycles. The minimum atomic E-state index is -0.557. The first-order chi connectivity index (χ1) is 19.7. The predicted octanol–water partition coefficient (Wildman–Crippen LogP) is 5.95. The zero-order valence-corrected chi connectivity index (χ0v) is 23.1. The van der Waals surface area contributed by atoms with E-state index in [1.165, 1.54) is 0 Å². The third kappa shape index (κ3) is 8.24. The molecule has 212 valence electrons. The lowest BCUT2D eigenvalue weighted by Crippen LogP contribution is -2.46. The van der Waals surface area contributed by atoms with Crippen LogP contribution in [0.5, 0.6) is 0 Å². The van der Waals surface area contributed by atoms with E-state index in [1.807, 2.05) is 97.9 Å². The molecule has 0 N–H and O–H groups in total. The van der Waals surface area contributed by atoms with E-state index in [-0.39, 0.29) is 13.0 Å². The van der Waals surface area contributed by atoms with Crippen LogP contribution in [0.15, 0.2) is 91.0 Å². The van der Waals surface area contributed by atoms with E-state index < -0.39 is 30.4 Å². The molecule has 1 amide bonds. The minimum absolute atomic E-state index is 0.0999. The monoisotopic (exact) mass is 545 g/mol. The smallest absolute Gasteiger partial charge is 0.410 e. The average Bonchev–Trinajstić information content (AvgIpc) is 3.28. The van der Waals surface area contributed by atoms with Crippen molar-refractivity contribution in [1.82, 2.24) is 4.90 Å². The Balaban J connectivity index is 1.61. The number of unbranched alkanes of at least 4 members (excludes halogenated alkanes) is 1. The van der Waals surface area contributed by atoms with Crippen molar-refractivity contribution in [2.45, 2.75) is 70.3 Å². The number of benzene rings is 3. The van der Waals surface area contributed by atoms with Gasteiger partial charge >= 0.3 is 6.09 Å². The quantitative estimate of drug-likeness (QED) is 0.174. The van der Waals surface area contributed by atoms with Crippen LogP contribution in [-0.4, -0.2) is 54.8 Å². The van der Waals surface area contributed by atoms with Crippen LogP contribution in [0.25, 0.3) is 0 Å². The summed E-state index contributed by atoms with van der Waals surface area (Å²) in [4.78, 5) is 27.0. The van der Waals surface area contributed by atoms with Gasteiger partial charge < -0.3 is 23.7 Å². The number of rotatable bonds is 15. The van der Waals surface area contributed by atoms with Crippen molar-refractivity contribution in [3.8, 4) is 0 Å². The molecule has 3 aromatic rings. The van der Waals surface area contributed by atoms with E-state index in [0.717, 1.165) is 35.8 Å². The lowest BCUT2D eigenvalue weighted by molar-refractivity contribution is -0.111. The molecule has 1 aliphatic rings. The third-order valence-corrected chi connectivity index (χ3v) is 7.04. The largest absolute Gasteiger partial charge is 0.449 e. The fourth-order valence-electron chi connectivity index (χ4n) is 4.99. The SMILES string of the molecule is CCCCOC(=O)N1C(CC=O)C(OCc2ccccc2)C(OCc2ccccc2)C1COCc1ccccc1. The molecule has 1 saturated heterocycles. The van der Waals surface area contributed by atoms with E-state index in [4.69, 9.17) is 18.9 Å². The predicted molar refractivity (Wildman–Crippen MR) is 152 cm³/mol. The van der Waals surface area contributed by atoms with Crippen LogP contribution < -0.4 is 0 Å². The Bertz CT molecular complexity index is 1140. The first-order valence-electron chi connectivity index (χ1n) is 14.0. The molecule has 7 nitrogen and oxygen atoms in total. The van der Waals surface area contributed by atoms with E-state index >= 15 is 0 Å². The molecule has 3 aromatic carbocycles. The molecule has 7 heteroatoms. The van der Waals surface area contributed by atoms with Crippen molar-refractivity contribution < 1.29 is 28.5 Å². The lowest BCUT2D eigenvalue weighted by Gasteiger charge is -2.29.